The van der Waals surface area contributed by atoms with E-state index < -0.39 is 10.7 Å². The summed E-state index contributed by atoms with van der Waals surface area (Å²) in [6.45, 7) is 0. The normalized spacial score (nSPS) is 10.8. The van der Waals surface area contributed by atoms with E-state index in [-0.39, 0.29) is 11.4 Å². The van der Waals surface area contributed by atoms with Crippen molar-refractivity contribution >= 4 is 22.4 Å². The second-order valence-corrected chi connectivity index (χ2v) is 4.15. The Labute approximate surface area is 112 Å². The zero-order valence-electron chi connectivity index (χ0n) is 10.1. The predicted molar refractivity (Wildman–Crippen MR) is 69.4 cm³/mol. The van der Waals surface area contributed by atoms with Gasteiger partial charge < -0.3 is 10.8 Å². The van der Waals surface area contributed by atoms with Crippen molar-refractivity contribution < 1.29 is 10.0 Å². The minimum atomic E-state index is -0.579. The summed E-state index contributed by atoms with van der Waals surface area (Å²) in [6, 6.07) is 8.34. The number of nitrogen functional groups attached to an aromatic ring is 1. The van der Waals surface area contributed by atoms with Crippen LogP contribution in [0.15, 0.2) is 36.4 Å². The summed E-state index contributed by atoms with van der Waals surface area (Å²) < 4.78 is 0. The van der Waals surface area contributed by atoms with Gasteiger partial charge in [-0.3, -0.25) is 10.1 Å². The number of benzene rings is 2. The average Bonchev–Trinajstić information content (AvgIpc) is 2.81. The van der Waals surface area contributed by atoms with Crippen LogP contribution in [0.2, 0.25) is 0 Å². The van der Waals surface area contributed by atoms with Gasteiger partial charge in [0.1, 0.15) is 11.0 Å². The van der Waals surface area contributed by atoms with Crippen LogP contribution in [0.4, 0.5) is 11.4 Å². The SMILES string of the molecule is Nc1ccc2nn(-c3cc([N+](=O)[O-])ccc3[O-])nc2c1. The van der Waals surface area contributed by atoms with Gasteiger partial charge in [0.05, 0.1) is 10.6 Å². The summed E-state index contributed by atoms with van der Waals surface area (Å²) in [5, 5.41) is 30.8. The Hall–Kier alpha value is -3.16. The van der Waals surface area contributed by atoms with Crippen molar-refractivity contribution in [1.29, 1.82) is 0 Å². The Morgan fingerprint density at radius 3 is 2.60 bits per heavy atom. The van der Waals surface area contributed by atoms with Gasteiger partial charge in [0, 0.05) is 17.8 Å². The Morgan fingerprint density at radius 1 is 1.10 bits per heavy atom. The molecule has 0 fully saturated rings. The number of aromatic nitrogens is 3. The van der Waals surface area contributed by atoms with E-state index in [9.17, 15) is 15.2 Å². The van der Waals surface area contributed by atoms with Gasteiger partial charge in [-0.1, -0.05) is 11.8 Å². The molecule has 2 aromatic carbocycles. The largest absolute Gasteiger partial charge is 0.871 e. The van der Waals surface area contributed by atoms with Crippen molar-refractivity contribution in [2.75, 3.05) is 5.73 Å². The van der Waals surface area contributed by atoms with Crippen LogP contribution < -0.4 is 10.8 Å². The number of fused-ring (bicyclic) bond motifs is 1. The number of non-ortho nitro benzene ring substituents is 1. The molecule has 0 amide bonds. The van der Waals surface area contributed by atoms with Crippen LogP contribution in [0.25, 0.3) is 16.7 Å². The second kappa shape index (κ2) is 4.19. The predicted octanol–water partition coefficient (Wildman–Crippen LogP) is 0.984. The zero-order valence-corrected chi connectivity index (χ0v) is 10.1. The molecule has 0 aliphatic carbocycles. The van der Waals surface area contributed by atoms with Crippen molar-refractivity contribution in [2.45, 2.75) is 0 Å². The number of anilines is 1. The molecule has 8 heteroatoms. The van der Waals surface area contributed by atoms with Gasteiger partial charge in [-0.15, -0.1) is 10.2 Å². The van der Waals surface area contributed by atoms with E-state index in [0.29, 0.717) is 16.7 Å². The fraction of sp³-hybridized carbons (Fsp3) is 0. The molecule has 0 saturated heterocycles. The smallest absolute Gasteiger partial charge is 0.271 e. The van der Waals surface area contributed by atoms with E-state index in [2.05, 4.69) is 10.2 Å². The Kier molecular flexibility index (Phi) is 2.50. The highest BCUT2D eigenvalue weighted by atomic mass is 16.6. The molecular weight excluding hydrogens is 262 g/mol. The first kappa shape index (κ1) is 11.9. The van der Waals surface area contributed by atoms with Crippen molar-refractivity contribution in [3.63, 3.8) is 0 Å². The van der Waals surface area contributed by atoms with Gasteiger partial charge >= 0.3 is 0 Å². The first-order valence-corrected chi connectivity index (χ1v) is 5.63. The number of hydrogen-bond acceptors (Lipinski definition) is 6. The Balaban J connectivity index is 2.19. The molecule has 3 rings (SSSR count). The third-order valence-corrected chi connectivity index (χ3v) is 2.77. The second-order valence-electron chi connectivity index (χ2n) is 4.15. The maximum Gasteiger partial charge on any atom is 0.271 e. The highest BCUT2D eigenvalue weighted by Gasteiger charge is 2.11. The molecule has 0 bridgehead atoms. The van der Waals surface area contributed by atoms with Crippen LogP contribution in [-0.2, 0) is 0 Å². The van der Waals surface area contributed by atoms with E-state index in [4.69, 9.17) is 5.73 Å². The minimum absolute atomic E-state index is 0.0222. The number of nitro groups is 1. The maximum atomic E-state index is 11.8. The van der Waals surface area contributed by atoms with Crippen LogP contribution >= 0.6 is 0 Å². The molecule has 0 unspecified atom stereocenters. The van der Waals surface area contributed by atoms with Crippen molar-refractivity contribution in [3.05, 3.63) is 46.5 Å². The van der Waals surface area contributed by atoms with E-state index in [1.807, 2.05) is 0 Å². The molecule has 3 aromatic rings. The molecule has 2 N–H and O–H groups in total. The molecule has 100 valence electrons. The molecular formula is C12H8N5O3-. The van der Waals surface area contributed by atoms with E-state index in [1.54, 1.807) is 18.2 Å². The Bertz CT molecular complexity index is 827. The fourth-order valence-electron chi connectivity index (χ4n) is 1.81. The first-order valence-electron chi connectivity index (χ1n) is 5.63. The number of rotatable bonds is 2. The van der Waals surface area contributed by atoms with Crippen molar-refractivity contribution in [3.8, 4) is 11.4 Å². The monoisotopic (exact) mass is 270 g/mol. The lowest BCUT2D eigenvalue weighted by atomic mass is 10.2. The third-order valence-electron chi connectivity index (χ3n) is 2.77. The summed E-state index contributed by atoms with van der Waals surface area (Å²) in [4.78, 5) is 11.3. The van der Waals surface area contributed by atoms with Crippen LogP contribution in [0.5, 0.6) is 5.75 Å². The summed E-state index contributed by atoms with van der Waals surface area (Å²) in [7, 11) is 0. The number of hydrogen-bond donors (Lipinski definition) is 1. The van der Waals surface area contributed by atoms with Crippen molar-refractivity contribution in [2.24, 2.45) is 0 Å². The van der Waals surface area contributed by atoms with Gasteiger partial charge in [-0.2, -0.15) is 4.80 Å². The summed E-state index contributed by atoms with van der Waals surface area (Å²) in [5.41, 5.74) is 7.04. The standard InChI is InChI=1S/C12H9N5O3/c13-7-1-3-9-10(5-7)15-16(14-9)11-6-8(17(19)20)2-4-12(11)18/h1-6,18H,13H2/p-1. The van der Waals surface area contributed by atoms with E-state index in [1.165, 1.54) is 0 Å². The molecule has 0 radical (unpaired) electrons. The lowest BCUT2D eigenvalue weighted by Gasteiger charge is -2.10. The number of nitro benzene ring substituents is 1. The first-order chi connectivity index (χ1) is 9.54. The van der Waals surface area contributed by atoms with Crippen LogP contribution in [0.1, 0.15) is 0 Å². The molecule has 1 aromatic heterocycles. The summed E-state index contributed by atoms with van der Waals surface area (Å²) >= 11 is 0. The molecule has 0 spiro atoms. The average molecular weight is 270 g/mol. The topological polar surface area (TPSA) is 123 Å². The lowest BCUT2D eigenvalue weighted by Crippen LogP contribution is -2.05. The Morgan fingerprint density at radius 2 is 1.85 bits per heavy atom. The van der Waals surface area contributed by atoms with Crippen LogP contribution in [-0.4, -0.2) is 19.9 Å². The van der Waals surface area contributed by atoms with Crippen molar-refractivity contribution in [1.82, 2.24) is 15.0 Å². The molecule has 0 atom stereocenters. The van der Waals surface area contributed by atoms with Gasteiger partial charge in [0.2, 0.25) is 0 Å². The molecule has 0 aliphatic heterocycles. The summed E-state index contributed by atoms with van der Waals surface area (Å²) in [5.74, 6) is -0.399. The lowest BCUT2D eigenvalue weighted by molar-refractivity contribution is -0.385. The van der Waals surface area contributed by atoms with Gasteiger partial charge in [0.25, 0.3) is 5.69 Å². The number of nitrogens with two attached hydrogens (primary N) is 1. The highest BCUT2D eigenvalue weighted by Crippen LogP contribution is 2.24. The van der Waals surface area contributed by atoms with Crippen LogP contribution in [0.3, 0.4) is 0 Å². The van der Waals surface area contributed by atoms with Gasteiger partial charge in [0.15, 0.2) is 0 Å². The quantitative estimate of drug-likeness (QED) is 0.420. The molecule has 20 heavy (non-hydrogen) atoms. The maximum absolute atomic E-state index is 11.8. The third kappa shape index (κ3) is 1.88. The number of nitrogens with zero attached hydrogens (tertiary/aromatic N) is 4. The molecule has 0 saturated carbocycles. The minimum Gasteiger partial charge on any atom is -0.871 e. The molecule has 8 nitrogen and oxygen atoms in total. The molecule has 0 aliphatic rings. The fourth-order valence-corrected chi connectivity index (χ4v) is 1.81. The van der Waals surface area contributed by atoms with Gasteiger partial charge in [-0.25, -0.2) is 0 Å². The van der Waals surface area contributed by atoms with E-state index >= 15 is 0 Å². The van der Waals surface area contributed by atoms with E-state index in [0.717, 1.165) is 23.0 Å². The van der Waals surface area contributed by atoms with Crippen LogP contribution in [0, 0.1) is 10.1 Å². The highest BCUT2D eigenvalue weighted by molar-refractivity contribution is 5.77. The zero-order chi connectivity index (χ0) is 14.3. The van der Waals surface area contributed by atoms with Gasteiger partial charge in [-0.05, 0) is 18.2 Å². The summed E-state index contributed by atoms with van der Waals surface area (Å²) in [6.07, 6.45) is 0. The molecule has 1 heterocycles.